The van der Waals surface area contributed by atoms with Crippen LogP contribution in [0.5, 0.6) is 5.75 Å². The Morgan fingerprint density at radius 2 is 1.76 bits per heavy atom. The van der Waals surface area contributed by atoms with Gasteiger partial charge in [-0.25, -0.2) is 9.80 Å². The molecule has 1 aliphatic rings. The van der Waals surface area contributed by atoms with Gasteiger partial charge in [0.1, 0.15) is 5.75 Å². The van der Waals surface area contributed by atoms with Crippen LogP contribution in [0.3, 0.4) is 0 Å². The fraction of sp³-hybridized carbons (Fsp3) is 0.261. The molecule has 2 aromatic rings. The molecular weight excluding hydrogens is 444 g/mol. The average Bonchev–Trinajstić information content (AvgIpc) is 2.83. The number of hydrogen-bond acceptors (Lipinski definition) is 7. The van der Waals surface area contributed by atoms with Gasteiger partial charge in [0.25, 0.3) is 5.91 Å². The van der Waals surface area contributed by atoms with Crippen molar-refractivity contribution in [3.05, 3.63) is 53.6 Å². The third-order valence-electron chi connectivity index (χ3n) is 4.82. The fourth-order valence-corrected chi connectivity index (χ4v) is 3.09. The van der Waals surface area contributed by atoms with Crippen molar-refractivity contribution in [1.82, 2.24) is 10.7 Å². The van der Waals surface area contributed by atoms with Crippen LogP contribution in [0.15, 0.2) is 42.5 Å². The number of rotatable bonds is 8. The summed E-state index contributed by atoms with van der Waals surface area (Å²) in [5.41, 5.74) is 4.39. The lowest BCUT2D eigenvalue weighted by atomic mass is 10.2. The standard InChI is InChI=1S/C23H24N4O7/c1-14-3-8-18(33-2)17(11-14)25-20(29)12-24-21(30)13-34-23(32)15-4-6-16(7-5-15)27-22(31)10-9-19(28)26-27/h3-8,11H,9-10,12-13H2,1-2H3,(H,24,30)(H,25,29)(H,26,28). The molecule has 34 heavy (non-hydrogen) atoms. The SMILES string of the molecule is COc1ccc(C)cc1NC(=O)CNC(=O)COC(=O)c1ccc(N2NC(=O)CCC2=O)cc1. The van der Waals surface area contributed by atoms with E-state index in [9.17, 15) is 24.0 Å². The van der Waals surface area contributed by atoms with Crippen molar-refractivity contribution >= 4 is 41.0 Å². The Morgan fingerprint density at radius 3 is 2.47 bits per heavy atom. The third-order valence-corrected chi connectivity index (χ3v) is 4.82. The van der Waals surface area contributed by atoms with Gasteiger partial charge >= 0.3 is 5.97 Å². The van der Waals surface area contributed by atoms with E-state index in [1.54, 1.807) is 12.1 Å². The molecule has 3 rings (SSSR count). The smallest absolute Gasteiger partial charge is 0.338 e. The summed E-state index contributed by atoms with van der Waals surface area (Å²) in [7, 11) is 1.48. The zero-order valence-electron chi connectivity index (χ0n) is 18.7. The molecule has 0 saturated carbocycles. The summed E-state index contributed by atoms with van der Waals surface area (Å²) in [6.45, 7) is 0.962. The minimum Gasteiger partial charge on any atom is -0.495 e. The molecule has 1 heterocycles. The van der Waals surface area contributed by atoms with Crippen LogP contribution in [0.1, 0.15) is 28.8 Å². The lowest BCUT2D eigenvalue weighted by Gasteiger charge is -2.27. The predicted octanol–water partition coefficient (Wildman–Crippen LogP) is 1.07. The van der Waals surface area contributed by atoms with Crippen LogP contribution in [0.25, 0.3) is 0 Å². The lowest BCUT2D eigenvalue weighted by molar-refractivity contribution is -0.130. The second kappa shape index (κ2) is 10.9. The van der Waals surface area contributed by atoms with Crippen LogP contribution >= 0.6 is 0 Å². The number of anilines is 2. The normalized spacial score (nSPS) is 13.1. The number of ether oxygens (including phenoxy) is 2. The number of carbonyl (C=O) groups is 5. The Hall–Kier alpha value is -4.41. The largest absolute Gasteiger partial charge is 0.495 e. The van der Waals surface area contributed by atoms with Crippen LogP contribution in [0.4, 0.5) is 11.4 Å². The summed E-state index contributed by atoms with van der Waals surface area (Å²) in [5, 5.41) is 6.13. The summed E-state index contributed by atoms with van der Waals surface area (Å²) >= 11 is 0. The zero-order chi connectivity index (χ0) is 24.7. The first-order chi connectivity index (χ1) is 16.3. The van der Waals surface area contributed by atoms with Gasteiger partial charge in [-0.05, 0) is 48.9 Å². The first-order valence-electron chi connectivity index (χ1n) is 10.4. The van der Waals surface area contributed by atoms with E-state index < -0.39 is 24.4 Å². The Morgan fingerprint density at radius 1 is 1.03 bits per heavy atom. The highest BCUT2D eigenvalue weighted by atomic mass is 16.5. The molecule has 3 N–H and O–H groups in total. The number of benzene rings is 2. The highest BCUT2D eigenvalue weighted by molar-refractivity contribution is 6.01. The van der Waals surface area contributed by atoms with E-state index in [4.69, 9.17) is 9.47 Å². The second-order valence-corrected chi connectivity index (χ2v) is 7.42. The maximum absolute atomic E-state index is 12.2. The van der Waals surface area contributed by atoms with Crippen LogP contribution in [-0.4, -0.2) is 49.9 Å². The van der Waals surface area contributed by atoms with Crippen LogP contribution in [0.2, 0.25) is 0 Å². The van der Waals surface area contributed by atoms with Gasteiger partial charge < -0.3 is 20.1 Å². The number of nitrogens with one attached hydrogen (secondary N) is 3. The Balaban J connectivity index is 1.45. The zero-order valence-corrected chi connectivity index (χ0v) is 18.7. The molecule has 2 aromatic carbocycles. The highest BCUT2D eigenvalue weighted by Crippen LogP contribution is 2.25. The number of hydrogen-bond donors (Lipinski definition) is 3. The van der Waals surface area contributed by atoms with Crippen LogP contribution < -0.4 is 25.8 Å². The number of nitrogens with zero attached hydrogens (tertiary/aromatic N) is 1. The molecular formula is C23H24N4O7. The monoisotopic (exact) mass is 468 g/mol. The number of hydrazine groups is 1. The molecule has 0 aromatic heterocycles. The van der Waals surface area contributed by atoms with E-state index in [1.807, 2.05) is 13.0 Å². The Kier molecular flexibility index (Phi) is 7.80. The van der Waals surface area contributed by atoms with E-state index in [0.717, 1.165) is 10.6 Å². The van der Waals surface area contributed by atoms with E-state index >= 15 is 0 Å². The number of carbonyl (C=O) groups excluding carboxylic acids is 5. The first-order valence-corrected chi connectivity index (χ1v) is 10.4. The predicted molar refractivity (Wildman–Crippen MR) is 121 cm³/mol. The van der Waals surface area contributed by atoms with E-state index in [2.05, 4.69) is 16.1 Å². The highest BCUT2D eigenvalue weighted by Gasteiger charge is 2.24. The number of aryl methyl sites for hydroxylation is 1. The molecule has 1 fully saturated rings. The van der Waals surface area contributed by atoms with Gasteiger partial charge in [-0.2, -0.15) is 0 Å². The molecule has 4 amide bonds. The van der Waals surface area contributed by atoms with Gasteiger partial charge in [0.15, 0.2) is 6.61 Å². The molecule has 0 aliphatic carbocycles. The fourth-order valence-electron chi connectivity index (χ4n) is 3.09. The molecule has 0 atom stereocenters. The maximum atomic E-state index is 12.2. The van der Waals surface area contributed by atoms with Crippen molar-refractivity contribution in [2.45, 2.75) is 19.8 Å². The van der Waals surface area contributed by atoms with Gasteiger partial charge in [0, 0.05) is 12.8 Å². The first kappa shape index (κ1) is 24.2. The van der Waals surface area contributed by atoms with Crippen molar-refractivity contribution in [3.63, 3.8) is 0 Å². The van der Waals surface area contributed by atoms with Gasteiger partial charge in [-0.1, -0.05) is 6.07 Å². The van der Waals surface area contributed by atoms with E-state index in [1.165, 1.54) is 31.4 Å². The van der Waals surface area contributed by atoms with Gasteiger partial charge in [-0.3, -0.25) is 24.6 Å². The van der Waals surface area contributed by atoms with Crippen molar-refractivity contribution < 1.29 is 33.4 Å². The molecule has 1 saturated heterocycles. The van der Waals surface area contributed by atoms with Crippen molar-refractivity contribution in [2.75, 3.05) is 30.6 Å². The average molecular weight is 468 g/mol. The third kappa shape index (κ3) is 6.31. The van der Waals surface area contributed by atoms with E-state index in [-0.39, 0.29) is 36.8 Å². The summed E-state index contributed by atoms with van der Waals surface area (Å²) in [4.78, 5) is 59.7. The Labute approximate surface area is 195 Å². The van der Waals surface area contributed by atoms with E-state index in [0.29, 0.717) is 17.1 Å². The van der Waals surface area contributed by atoms with Gasteiger partial charge in [0.2, 0.25) is 17.7 Å². The summed E-state index contributed by atoms with van der Waals surface area (Å²) in [6.07, 6.45) is 0.227. The quantitative estimate of drug-likeness (QED) is 0.492. The maximum Gasteiger partial charge on any atom is 0.338 e. The Bertz CT molecular complexity index is 1110. The van der Waals surface area contributed by atoms with Crippen LogP contribution in [-0.2, 0) is 23.9 Å². The molecule has 0 unspecified atom stereocenters. The summed E-state index contributed by atoms with van der Waals surface area (Å²) in [6, 6.07) is 11.1. The van der Waals surface area contributed by atoms with Crippen molar-refractivity contribution in [1.29, 1.82) is 0 Å². The lowest BCUT2D eigenvalue weighted by Crippen LogP contribution is -2.50. The van der Waals surface area contributed by atoms with Gasteiger partial charge in [-0.15, -0.1) is 0 Å². The van der Waals surface area contributed by atoms with Gasteiger partial charge in [0.05, 0.1) is 30.6 Å². The van der Waals surface area contributed by atoms with Crippen LogP contribution in [0, 0.1) is 6.92 Å². The number of amides is 4. The summed E-state index contributed by atoms with van der Waals surface area (Å²) < 4.78 is 10.2. The number of esters is 1. The topological polar surface area (TPSA) is 143 Å². The molecule has 11 heteroatoms. The molecule has 11 nitrogen and oxygen atoms in total. The minimum atomic E-state index is -0.760. The second-order valence-electron chi connectivity index (χ2n) is 7.42. The molecule has 1 aliphatic heterocycles. The molecule has 0 spiro atoms. The number of methoxy groups -OCH3 is 1. The minimum absolute atomic E-state index is 0.0985. The molecule has 0 bridgehead atoms. The molecule has 0 radical (unpaired) electrons. The van der Waals surface area contributed by atoms with Crippen molar-refractivity contribution in [2.24, 2.45) is 0 Å². The summed E-state index contributed by atoms with van der Waals surface area (Å²) in [5.74, 6) is -1.95. The molecule has 178 valence electrons. The van der Waals surface area contributed by atoms with Crippen molar-refractivity contribution in [3.8, 4) is 5.75 Å².